The van der Waals surface area contributed by atoms with Crippen LogP contribution in [0.25, 0.3) is 0 Å². The molecule has 1 amide bonds. The molecule has 1 saturated heterocycles. The summed E-state index contributed by atoms with van der Waals surface area (Å²) in [5.41, 5.74) is 0.736. The number of hydrogen-bond donors (Lipinski definition) is 2. The third-order valence-corrected chi connectivity index (χ3v) is 5.79. The number of benzene rings is 1. The molecule has 0 unspecified atom stereocenters. The molecule has 1 heterocycles. The Kier molecular flexibility index (Phi) is 4.57. The average Bonchev–Trinajstić information content (AvgIpc) is 3.34. The van der Waals surface area contributed by atoms with Crippen LogP contribution in [0.2, 0.25) is 0 Å². The number of piperidine rings is 1. The van der Waals surface area contributed by atoms with Crippen molar-refractivity contribution in [2.75, 3.05) is 26.7 Å². The van der Waals surface area contributed by atoms with Gasteiger partial charge in [0, 0.05) is 23.5 Å². The largest absolute Gasteiger partial charge is 0.368 e. The lowest BCUT2D eigenvalue weighted by Gasteiger charge is -2.35. The fourth-order valence-corrected chi connectivity index (χ4v) is 4.05. The molecule has 2 N–H and O–H groups in total. The minimum atomic E-state index is -0.657. The van der Waals surface area contributed by atoms with Crippen molar-refractivity contribution in [1.82, 2.24) is 10.6 Å². The van der Waals surface area contributed by atoms with E-state index in [9.17, 15) is 4.79 Å². The Hall–Kier alpha value is -0.910. The summed E-state index contributed by atoms with van der Waals surface area (Å²) in [6, 6.07) is 8.31. The van der Waals surface area contributed by atoms with Gasteiger partial charge >= 0.3 is 0 Å². The second-order valence-electron chi connectivity index (χ2n) is 6.39. The van der Waals surface area contributed by atoms with E-state index in [2.05, 4.69) is 44.8 Å². The Balaban J connectivity index is 1.67. The van der Waals surface area contributed by atoms with Gasteiger partial charge in [-0.25, -0.2) is 0 Å². The molecule has 22 heavy (non-hydrogen) atoms. The number of carbonyl (C=O) groups excluding carboxylic acids is 1. The number of carbonyl (C=O) groups is 1. The van der Waals surface area contributed by atoms with Crippen molar-refractivity contribution in [3.63, 3.8) is 0 Å². The molecule has 0 aromatic heterocycles. The molecule has 2 aliphatic rings. The van der Waals surface area contributed by atoms with Gasteiger partial charge in [-0.1, -0.05) is 34.1 Å². The third kappa shape index (κ3) is 2.94. The van der Waals surface area contributed by atoms with Crippen LogP contribution in [0.15, 0.2) is 28.7 Å². The molecule has 0 bridgehead atoms. The Morgan fingerprint density at radius 2 is 1.95 bits per heavy atom. The molecule has 4 nitrogen and oxygen atoms in total. The second-order valence-corrected chi connectivity index (χ2v) is 7.25. The van der Waals surface area contributed by atoms with E-state index in [0.717, 1.165) is 43.2 Å². The SMILES string of the molecule is COC1(C(=O)NCC2(c3ccccc3Br)CC2)CCNCC1. The van der Waals surface area contributed by atoms with Crippen LogP contribution in [-0.2, 0) is 14.9 Å². The number of nitrogens with one attached hydrogen (secondary N) is 2. The zero-order chi connectivity index (χ0) is 15.6. The number of rotatable bonds is 5. The van der Waals surface area contributed by atoms with E-state index in [1.165, 1.54) is 5.56 Å². The first-order chi connectivity index (χ1) is 10.6. The molecule has 3 rings (SSSR count). The number of halogens is 1. The normalized spacial score (nSPS) is 22.1. The maximum Gasteiger partial charge on any atom is 0.252 e. The van der Waals surface area contributed by atoms with Crippen molar-refractivity contribution in [2.24, 2.45) is 0 Å². The number of ether oxygens (including phenoxy) is 1. The van der Waals surface area contributed by atoms with E-state index < -0.39 is 5.60 Å². The topological polar surface area (TPSA) is 50.4 Å². The summed E-state index contributed by atoms with van der Waals surface area (Å²) in [6.45, 7) is 2.35. The molecule has 0 atom stereocenters. The predicted molar refractivity (Wildman–Crippen MR) is 89.9 cm³/mol. The lowest BCUT2D eigenvalue weighted by Crippen LogP contribution is -2.55. The van der Waals surface area contributed by atoms with Crippen molar-refractivity contribution in [1.29, 1.82) is 0 Å². The molecule has 1 aromatic carbocycles. The Morgan fingerprint density at radius 1 is 1.27 bits per heavy atom. The number of hydrogen-bond acceptors (Lipinski definition) is 3. The molecular weight excluding hydrogens is 344 g/mol. The highest BCUT2D eigenvalue weighted by Crippen LogP contribution is 2.50. The first-order valence-corrected chi connectivity index (χ1v) is 8.70. The summed E-state index contributed by atoms with van der Waals surface area (Å²) in [4.78, 5) is 12.7. The molecule has 1 saturated carbocycles. The van der Waals surface area contributed by atoms with Crippen LogP contribution in [0.5, 0.6) is 0 Å². The first-order valence-electron chi connectivity index (χ1n) is 7.91. The van der Waals surface area contributed by atoms with Gasteiger partial charge in [0.1, 0.15) is 5.60 Å². The van der Waals surface area contributed by atoms with Gasteiger partial charge in [-0.05, 0) is 50.4 Å². The third-order valence-electron chi connectivity index (χ3n) is 5.10. The van der Waals surface area contributed by atoms with Crippen molar-refractivity contribution in [3.8, 4) is 0 Å². The van der Waals surface area contributed by atoms with E-state index in [1.807, 2.05) is 6.07 Å². The molecular formula is C17H23BrN2O2. The summed E-state index contributed by atoms with van der Waals surface area (Å²) in [6.07, 6.45) is 3.71. The fourth-order valence-electron chi connectivity index (χ4n) is 3.35. The summed E-state index contributed by atoms with van der Waals surface area (Å²) < 4.78 is 6.72. The van der Waals surface area contributed by atoms with Crippen molar-refractivity contribution in [2.45, 2.75) is 36.7 Å². The standard InChI is InChI=1S/C17H23BrN2O2/c1-22-17(8-10-19-11-9-17)15(21)20-12-16(6-7-16)13-4-2-3-5-14(13)18/h2-5,19H,6-12H2,1H3,(H,20,21). The van der Waals surface area contributed by atoms with E-state index >= 15 is 0 Å². The minimum absolute atomic E-state index is 0.0369. The molecule has 1 aromatic rings. The smallest absolute Gasteiger partial charge is 0.252 e. The lowest BCUT2D eigenvalue weighted by atomic mass is 9.90. The van der Waals surface area contributed by atoms with Gasteiger partial charge < -0.3 is 15.4 Å². The zero-order valence-electron chi connectivity index (χ0n) is 13.0. The molecule has 1 aliphatic carbocycles. The maximum absolute atomic E-state index is 12.7. The summed E-state index contributed by atoms with van der Waals surface area (Å²) in [5.74, 6) is 0.0369. The van der Waals surface area contributed by atoms with Gasteiger partial charge in [-0.15, -0.1) is 0 Å². The summed E-state index contributed by atoms with van der Waals surface area (Å²) in [5, 5.41) is 6.44. The van der Waals surface area contributed by atoms with Gasteiger partial charge in [-0.2, -0.15) is 0 Å². The van der Waals surface area contributed by atoms with E-state index in [-0.39, 0.29) is 11.3 Å². The molecule has 1 aliphatic heterocycles. The van der Waals surface area contributed by atoms with Crippen LogP contribution in [0.4, 0.5) is 0 Å². The Morgan fingerprint density at radius 3 is 2.55 bits per heavy atom. The molecule has 2 fully saturated rings. The highest BCUT2D eigenvalue weighted by Gasteiger charge is 2.47. The van der Waals surface area contributed by atoms with Crippen LogP contribution < -0.4 is 10.6 Å². The molecule has 0 radical (unpaired) electrons. The van der Waals surface area contributed by atoms with Crippen LogP contribution in [-0.4, -0.2) is 38.3 Å². The molecule has 5 heteroatoms. The van der Waals surface area contributed by atoms with Crippen LogP contribution >= 0.6 is 15.9 Å². The van der Waals surface area contributed by atoms with E-state index in [0.29, 0.717) is 6.54 Å². The molecule has 0 spiro atoms. The first kappa shape index (κ1) is 16.0. The van der Waals surface area contributed by atoms with Crippen LogP contribution in [0.1, 0.15) is 31.2 Å². The average molecular weight is 367 g/mol. The minimum Gasteiger partial charge on any atom is -0.368 e. The highest BCUT2D eigenvalue weighted by atomic mass is 79.9. The lowest BCUT2D eigenvalue weighted by molar-refractivity contribution is -0.146. The van der Waals surface area contributed by atoms with Gasteiger partial charge in [0.25, 0.3) is 5.91 Å². The van der Waals surface area contributed by atoms with Crippen LogP contribution in [0.3, 0.4) is 0 Å². The van der Waals surface area contributed by atoms with E-state index in [1.54, 1.807) is 7.11 Å². The van der Waals surface area contributed by atoms with Crippen molar-refractivity contribution < 1.29 is 9.53 Å². The molecule has 120 valence electrons. The maximum atomic E-state index is 12.7. The quantitative estimate of drug-likeness (QED) is 0.840. The number of amides is 1. The Labute approximate surface area is 140 Å². The van der Waals surface area contributed by atoms with Gasteiger partial charge in [-0.3, -0.25) is 4.79 Å². The Bertz CT molecular complexity index is 551. The highest BCUT2D eigenvalue weighted by molar-refractivity contribution is 9.10. The van der Waals surface area contributed by atoms with Crippen molar-refractivity contribution in [3.05, 3.63) is 34.3 Å². The van der Waals surface area contributed by atoms with Gasteiger partial charge in [0.15, 0.2) is 0 Å². The summed E-state index contributed by atoms with van der Waals surface area (Å²) in [7, 11) is 1.64. The predicted octanol–water partition coefficient (Wildman–Crippen LogP) is 2.37. The summed E-state index contributed by atoms with van der Waals surface area (Å²) >= 11 is 3.63. The fraction of sp³-hybridized carbons (Fsp3) is 0.588. The van der Waals surface area contributed by atoms with Gasteiger partial charge in [0.2, 0.25) is 0 Å². The van der Waals surface area contributed by atoms with Gasteiger partial charge in [0.05, 0.1) is 0 Å². The second kappa shape index (κ2) is 6.30. The van der Waals surface area contributed by atoms with E-state index in [4.69, 9.17) is 4.74 Å². The van der Waals surface area contributed by atoms with Crippen LogP contribution in [0, 0.1) is 0 Å². The van der Waals surface area contributed by atoms with Crippen molar-refractivity contribution >= 4 is 21.8 Å². The monoisotopic (exact) mass is 366 g/mol. The zero-order valence-corrected chi connectivity index (χ0v) is 14.5. The number of methoxy groups -OCH3 is 1.